The molecule has 0 aliphatic rings. The van der Waals surface area contributed by atoms with Crippen molar-refractivity contribution in [3.05, 3.63) is 42.0 Å². The number of nitrogens with two attached hydrogens (primary N) is 1. The number of benzene rings is 2. The Kier molecular flexibility index (Phi) is 3.11. The second kappa shape index (κ2) is 4.54. The zero-order valence-electron chi connectivity index (χ0n) is 9.73. The molecule has 84 valence electrons. The molecule has 0 unspecified atom stereocenters. The summed E-state index contributed by atoms with van der Waals surface area (Å²) in [5.41, 5.74) is 7.21. The summed E-state index contributed by atoms with van der Waals surface area (Å²) in [6.07, 6.45) is 0.960. The van der Waals surface area contributed by atoms with Crippen LogP contribution in [-0.2, 0) is 0 Å². The summed E-state index contributed by atoms with van der Waals surface area (Å²) in [6.45, 7) is 2.10. The second-order valence-corrected chi connectivity index (χ2v) is 3.99. The first kappa shape index (κ1) is 11.0. The molecular formula is C14H17NO. The van der Waals surface area contributed by atoms with Crippen molar-refractivity contribution in [3.8, 4) is 5.75 Å². The van der Waals surface area contributed by atoms with Gasteiger partial charge in [0, 0.05) is 6.04 Å². The van der Waals surface area contributed by atoms with Gasteiger partial charge in [-0.3, -0.25) is 0 Å². The molecule has 0 saturated carbocycles. The Morgan fingerprint density at radius 3 is 2.50 bits per heavy atom. The van der Waals surface area contributed by atoms with Crippen molar-refractivity contribution in [2.24, 2.45) is 5.73 Å². The zero-order valence-corrected chi connectivity index (χ0v) is 9.73. The van der Waals surface area contributed by atoms with Gasteiger partial charge < -0.3 is 10.5 Å². The highest BCUT2D eigenvalue weighted by atomic mass is 16.5. The average molecular weight is 215 g/mol. The Morgan fingerprint density at radius 1 is 1.12 bits per heavy atom. The van der Waals surface area contributed by atoms with Crippen molar-refractivity contribution in [1.82, 2.24) is 0 Å². The SMILES string of the molecule is CC[C@H](N)c1ccc2cc(OC)ccc2c1. The average Bonchev–Trinajstić information content (AvgIpc) is 2.36. The number of hydrogen-bond donors (Lipinski definition) is 1. The molecule has 0 heterocycles. The van der Waals surface area contributed by atoms with Crippen LogP contribution in [0.5, 0.6) is 5.75 Å². The highest BCUT2D eigenvalue weighted by Crippen LogP contribution is 2.24. The molecule has 0 spiro atoms. The first-order chi connectivity index (χ1) is 7.74. The topological polar surface area (TPSA) is 35.2 Å². The van der Waals surface area contributed by atoms with Gasteiger partial charge in [-0.1, -0.05) is 25.1 Å². The first-order valence-electron chi connectivity index (χ1n) is 5.58. The highest BCUT2D eigenvalue weighted by Gasteiger charge is 2.04. The van der Waals surface area contributed by atoms with E-state index in [4.69, 9.17) is 10.5 Å². The molecule has 2 nitrogen and oxygen atoms in total. The van der Waals surface area contributed by atoms with Crippen molar-refractivity contribution >= 4 is 10.8 Å². The third-order valence-electron chi connectivity index (χ3n) is 2.94. The zero-order chi connectivity index (χ0) is 11.5. The fraction of sp³-hybridized carbons (Fsp3) is 0.286. The molecule has 0 saturated heterocycles. The summed E-state index contributed by atoms with van der Waals surface area (Å²) < 4.78 is 5.20. The van der Waals surface area contributed by atoms with Crippen LogP contribution in [0.25, 0.3) is 10.8 Å². The van der Waals surface area contributed by atoms with Crippen LogP contribution in [0.3, 0.4) is 0 Å². The summed E-state index contributed by atoms with van der Waals surface area (Å²) in [5.74, 6) is 0.889. The van der Waals surface area contributed by atoms with Gasteiger partial charge >= 0.3 is 0 Å². The van der Waals surface area contributed by atoms with Gasteiger partial charge in [-0.2, -0.15) is 0 Å². The first-order valence-corrected chi connectivity index (χ1v) is 5.58. The minimum Gasteiger partial charge on any atom is -0.497 e. The Bertz CT molecular complexity index is 493. The summed E-state index contributed by atoms with van der Waals surface area (Å²) in [6, 6.07) is 12.6. The summed E-state index contributed by atoms with van der Waals surface area (Å²) in [5, 5.41) is 2.40. The summed E-state index contributed by atoms with van der Waals surface area (Å²) in [4.78, 5) is 0. The molecule has 2 aromatic carbocycles. The molecule has 0 amide bonds. The quantitative estimate of drug-likeness (QED) is 0.853. The molecule has 0 aliphatic heterocycles. The molecule has 0 fully saturated rings. The minimum absolute atomic E-state index is 0.131. The maximum absolute atomic E-state index is 6.02. The molecule has 0 radical (unpaired) electrons. The van der Waals surface area contributed by atoms with E-state index in [9.17, 15) is 0 Å². The van der Waals surface area contributed by atoms with E-state index < -0.39 is 0 Å². The van der Waals surface area contributed by atoms with Crippen molar-refractivity contribution < 1.29 is 4.74 Å². The van der Waals surface area contributed by atoms with Crippen molar-refractivity contribution in [3.63, 3.8) is 0 Å². The molecule has 0 aromatic heterocycles. The Balaban J connectivity index is 2.47. The lowest BCUT2D eigenvalue weighted by Gasteiger charge is -2.10. The van der Waals surface area contributed by atoms with E-state index in [1.165, 1.54) is 16.3 Å². The van der Waals surface area contributed by atoms with Gasteiger partial charge in [-0.05, 0) is 41.0 Å². The Morgan fingerprint density at radius 2 is 1.81 bits per heavy atom. The molecular weight excluding hydrogens is 198 g/mol. The third-order valence-corrected chi connectivity index (χ3v) is 2.94. The van der Waals surface area contributed by atoms with Crippen LogP contribution in [-0.4, -0.2) is 7.11 Å². The van der Waals surface area contributed by atoms with E-state index >= 15 is 0 Å². The smallest absolute Gasteiger partial charge is 0.119 e. The third kappa shape index (κ3) is 2.02. The molecule has 2 aromatic rings. The number of rotatable bonds is 3. The standard InChI is InChI=1S/C14H17NO/c1-3-14(15)12-5-4-11-9-13(16-2)7-6-10(11)8-12/h4-9,14H,3,15H2,1-2H3/t14-/m0/s1. The van der Waals surface area contributed by atoms with Crippen LogP contribution >= 0.6 is 0 Å². The highest BCUT2D eigenvalue weighted by molar-refractivity contribution is 5.84. The largest absolute Gasteiger partial charge is 0.497 e. The van der Waals surface area contributed by atoms with Crippen LogP contribution in [0.1, 0.15) is 24.9 Å². The van der Waals surface area contributed by atoms with E-state index in [1.807, 2.05) is 12.1 Å². The lowest BCUT2D eigenvalue weighted by Crippen LogP contribution is -2.08. The fourth-order valence-electron chi connectivity index (χ4n) is 1.84. The van der Waals surface area contributed by atoms with E-state index in [1.54, 1.807) is 7.11 Å². The van der Waals surface area contributed by atoms with Crippen molar-refractivity contribution in [2.75, 3.05) is 7.11 Å². The van der Waals surface area contributed by atoms with E-state index in [2.05, 4.69) is 31.2 Å². The molecule has 2 N–H and O–H groups in total. The van der Waals surface area contributed by atoms with Gasteiger partial charge in [-0.25, -0.2) is 0 Å². The van der Waals surface area contributed by atoms with E-state index in [-0.39, 0.29) is 6.04 Å². The Hall–Kier alpha value is -1.54. The van der Waals surface area contributed by atoms with Gasteiger partial charge in [0.15, 0.2) is 0 Å². The monoisotopic (exact) mass is 215 g/mol. The van der Waals surface area contributed by atoms with E-state index in [0.717, 1.165) is 12.2 Å². The maximum Gasteiger partial charge on any atom is 0.119 e. The molecule has 0 bridgehead atoms. The number of fused-ring (bicyclic) bond motifs is 1. The Labute approximate surface area is 96.0 Å². The predicted octanol–water partition coefficient (Wildman–Crippen LogP) is 3.26. The molecule has 0 aliphatic carbocycles. The molecule has 2 rings (SSSR count). The van der Waals surface area contributed by atoms with Gasteiger partial charge in [0.2, 0.25) is 0 Å². The lowest BCUT2D eigenvalue weighted by atomic mass is 10.0. The van der Waals surface area contributed by atoms with Crippen molar-refractivity contribution in [2.45, 2.75) is 19.4 Å². The van der Waals surface area contributed by atoms with Crippen LogP contribution in [0, 0.1) is 0 Å². The van der Waals surface area contributed by atoms with Crippen LogP contribution in [0.2, 0.25) is 0 Å². The second-order valence-electron chi connectivity index (χ2n) is 3.99. The van der Waals surface area contributed by atoms with Crippen LogP contribution in [0.4, 0.5) is 0 Å². The summed E-state index contributed by atoms with van der Waals surface area (Å²) in [7, 11) is 1.68. The number of methoxy groups -OCH3 is 1. The minimum atomic E-state index is 0.131. The van der Waals surface area contributed by atoms with E-state index in [0.29, 0.717) is 0 Å². The maximum atomic E-state index is 6.02. The van der Waals surface area contributed by atoms with Gasteiger partial charge in [0.25, 0.3) is 0 Å². The lowest BCUT2D eigenvalue weighted by molar-refractivity contribution is 0.415. The fourth-order valence-corrected chi connectivity index (χ4v) is 1.84. The van der Waals surface area contributed by atoms with Gasteiger partial charge in [-0.15, -0.1) is 0 Å². The van der Waals surface area contributed by atoms with Crippen LogP contribution in [0.15, 0.2) is 36.4 Å². The molecule has 1 atom stereocenters. The molecule has 2 heteroatoms. The number of hydrogen-bond acceptors (Lipinski definition) is 2. The molecule has 16 heavy (non-hydrogen) atoms. The summed E-state index contributed by atoms with van der Waals surface area (Å²) >= 11 is 0. The van der Waals surface area contributed by atoms with Gasteiger partial charge in [0.1, 0.15) is 5.75 Å². The van der Waals surface area contributed by atoms with Gasteiger partial charge in [0.05, 0.1) is 7.11 Å². The van der Waals surface area contributed by atoms with Crippen LogP contribution < -0.4 is 10.5 Å². The number of ether oxygens (including phenoxy) is 1. The normalized spacial score (nSPS) is 12.7. The van der Waals surface area contributed by atoms with Crippen molar-refractivity contribution in [1.29, 1.82) is 0 Å². The predicted molar refractivity (Wildman–Crippen MR) is 67.7 cm³/mol.